The smallest absolute Gasteiger partial charge is 0.410 e. The lowest BCUT2D eigenvalue weighted by Gasteiger charge is -2.42. The first-order valence-electron chi connectivity index (χ1n) is 7.55. The van der Waals surface area contributed by atoms with Crippen LogP contribution in [0.3, 0.4) is 0 Å². The van der Waals surface area contributed by atoms with E-state index in [0.717, 1.165) is 18.8 Å². The third-order valence-corrected chi connectivity index (χ3v) is 3.79. The van der Waals surface area contributed by atoms with E-state index in [0.29, 0.717) is 6.54 Å². The summed E-state index contributed by atoms with van der Waals surface area (Å²) in [6.45, 7) is 12.2. The normalized spacial score (nSPS) is 22.1. The van der Waals surface area contributed by atoms with E-state index in [1.807, 2.05) is 37.8 Å². The van der Waals surface area contributed by atoms with Crippen LogP contribution < -0.4 is 0 Å². The summed E-state index contributed by atoms with van der Waals surface area (Å²) < 4.78 is 10.9. The van der Waals surface area contributed by atoms with Crippen molar-refractivity contribution in [2.45, 2.75) is 52.3 Å². The number of carbonyl (C=O) groups excluding carboxylic acids is 1. The third kappa shape index (κ3) is 4.00. The predicted molar refractivity (Wildman–Crippen MR) is 81.1 cm³/mol. The molecule has 1 saturated heterocycles. The second-order valence-electron chi connectivity index (χ2n) is 6.71. The molecule has 1 fully saturated rings. The van der Waals surface area contributed by atoms with Crippen LogP contribution in [0, 0.1) is 0 Å². The Labute approximate surface area is 126 Å². The molecule has 21 heavy (non-hydrogen) atoms. The summed E-state index contributed by atoms with van der Waals surface area (Å²) in [5, 5.41) is 0. The van der Waals surface area contributed by atoms with Crippen LogP contribution in [0.1, 0.15) is 46.4 Å². The number of rotatable bonds is 2. The molecule has 0 radical (unpaired) electrons. The molecule has 1 amide bonds. The number of piperazine rings is 1. The van der Waals surface area contributed by atoms with E-state index in [1.165, 1.54) is 0 Å². The van der Waals surface area contributed by atoms with Gasteiger partial charge in [-0.1, -0.05) is 0 Å². The van der Waals surface area contributed by atoms with Gasteiger partial charge in [0.05, 0.1) is 12.3 Å². The van der Waals surface area contributed by atoms with Crippen LogP contribution >= 0.6 is 0 Å². The van der Waals surface area contributed by atoms with Crippen LogP contribution in [0.25, 0.3) is 0 Å². The second kappa shape index (κ2) is 6.10. The first-order chi connectivity index (χ1) is 9.78. The van der Waals surface area contributed by atoms with Crippen molar-refractivity contribution in [3.05, 3.63) is 24.2 Å². The van der Waals surface area contributed by atoms with Crippen molar-refractivity contribution >= 4 is 6.09 Å². The highest BCUT2D eigenvalue weighted by molar-refractivity contribution is 5.68. The molecule has 0 saturated carbocycles. The molecule has 0 bridgehead atoms. The standard InChI is InChI=1S/C16H26N2O3/c1-12-11-17(13(2)14-7-6-10-20-14)8-9-18(12)15(19)21-16(3,4)5/h6-7,10,12-13H,8-9,11H2,1-5H3/t12-,13-/m1/s1. The van der Waals surface area contributed by atoms with Gasteiger partial charge in [0.25, 0.3) is 0 Å². The Balaban J connectivity index is 1.94. The molecule has 0 unspecified atom stereocenters. The molecular formula is C16H26N2O3. The summed E-state index contributed by atoms with van der Waals surface area (Å²) in [7, 11) is 0. The van der Waals surface area contributed by atoms with Crippen LogP contribution in [0.15, 0.2) is 22.8 Å². The predicted octanol–water partition coefficient (Wildman–Crippen LogP) is 3.28. The number of hydrogen-bond acceptors (Lipinski definition) is 4. The minimum atomic E-state index is -0.449. The van der Waals surface area contributed by atoms with Gasteiger partial charge in [0.15, 0.2) is 0 Å². The molecule has 5 heteroatoms. The van der Waals surface area contributed by atoms with Crippen LogP contribution in [0.4, 0.5) is 4.79 Å². The molecule has 1 aromatic rings. The van der Waals surface area contributed by atoms with Crippen molar-refractivity contribution in [1.29, 1.82) is 0 Å². The van der Waals surface area contributed by atoms with E-state index in [4.69, 9.17) is 9.15 Å². The van der Waals surface area contributed by atoms with Gasteiger partial charge < -0.3 is 14.1 Å². The zero-order valence-corrected chi connectivity index (χ0v) is 13.6. The fraction of sp³-hybridized carbons (Fsp3) is 0.688. The fourth-order valence-corrected chi connectivity index (χ4v) is 2.64. The summed E-state index contributed by atoms with van der Waals surface area (Å²) in [4.78, 5) is 16.3. The van der Waals surface area contributed by atoms with E-state index >= 15 is 0 Å². The third-order valence-electron chi connectivity index (χ3n) is 3.79. The van der Waals surface area contributed by atoms with Crippen molar-refractivity contribution in [3.63, 3.8) is 0 Å². The van der Waals surface area contributed by atoms with Crippen LogP contribution in [-0.2, 0) is 4.74 Å². The highest BCUT2D eigenvalue weighted by Crippen LogP contribution is 2.24. The largest absolute Gasteiger partial charge is 0.468 e. The summed E-state index contributed by atoms with van der Waals surface area (Å²) in [6.07, 6.45) is 1.48. The van der Waals surface area contributed by atoms with E-state index in [-0.39, 0.29) is 18.2 Å². The molecule has 2 atom stereocenters. The van der Waals surface area contributed by atoms with Crippen LogP contribution in [-0.4, -0.2) is 47.2 Å². The molecule has 1 aromatic heterocycles. The number of furan rings is 1. The summed E-state index contributed by atoms with van der Waals surface area (Å²) >= 11 is 0. The molecule has 1 aliphatic rings. The van der Waals surface area contributed by atoms with Crippen LogP contribution in [0.5, 0.6) is 0 Å². The van der Waals surface area contributed by atoms with Gasteiger partial charge in [0.1, 0.15) is 11.4 Å². The summed E-state index contributed by atoms with van der Waals surface area (Å²) in [6, 6.07) is 4.26. The lowest BCUT2D eigenvalue weighted by Crippen LogP contribution is -2.55. The van der Waals surface area contributed by atoms with Crippen molar-refractivity contribution in [1.82, 2.24) is 9.80 Å². The van der Waals surface area contributed by atoms with E-state index in [1.54, 1.807) is 6.26 Å². The molecule has 118 valence electrons. The number of nitrogens with zero attached hydrogens (tertiary/aromatic N) is 2. The summed E-state index contributed by atoms with van der Waals surface area (Å²) in [5.41, 5.74) is -0.449. The Kier molecular flexibility index (Phi) is 4.61. The number of ether oxygens (including phenoxy) is 1. The molecule has 0 aliphatic carbocycles. The highest BCUT2D eigenvalue weighted by Gasteiger charge is 2.33. The molecule has 2 rings (SSSR count). The lowest BCUT2D eigenvalue weighted by atomic mass is 10.1. The zero-order chi connectivity index (χ0) is 15.6. The number of amides is 1. The molecule has 0 N–H and O–H groups in total. The van der Waals surface area contributed by atoms with Crippen LogP contribution in [0.2, 0.25) is 0 Å². The Morgan fingerprint density at radius 3 is 2.67 bits per heavy atom. The zero-order valence-electron chi connectivity index (χ0n) is 13.6. The molecule has 2 heterocycles. The van der Waals surface area contributed by atoms with E-state index < -0.39 is 5.60 Å². The van der Waals surface area contributed by atoms with Gasteiger partial charge in [-0.3, -0.25) is 4.90 Å². The van der Waals surface area contributed by atoms with Gasteiger partial charge in [0, 0.05) is 25.7 Å². The quantitative estimate of drug-likeness (QED) is 0.839. The Bertz CT molecular complexity index is 464. The SMILES string of the molecule is C[C@H](c1ccco1)N1CCN(C(=O)OC(C)(C)C)[C@H](C)C1. The van der Waals surface area contributed by atoms with Crippen molar-refractivity contribution in [3.8, 4) is 0 Å². The average molecular weight is 294 g/mol. The highest BCUT2D eigenvalue weighted by atomic mass is 16.6. The number of carbonyl (C=O) groups is 1. The maximum absolute atomic E-state index is 12.2. The first kappa shape index (κ1) is 15.9. The van der Waals surface area contributed by atoms with Crippen molar-refractivity contribution in [2.24, 2.45) is 0 Å². The van der Waals surface area contributed by atoms with Gasteiger partial charge in [-0.2, -0.15) is 0 Å². The van der Waals surface area contributed by atoms with E-state index in [2.05, 4.69) is 18.7 Å². The number of hydrogen-bond donors (Lipinski definition) is 0. The maximum atomic E-state index is 12.2. The molecule has 5 nitrogen and oxygen atoms in total. The average Bonchev–Trinajstić information content (AvgIpc) is 2.89. The van der Waals surface area contributed by atoms with Crippen molar-refractivity contribution in [2.75, 3.05) is 19.6 Å². The van der Waals surface area contributed by atoms with Gasteiger partial charge >= 0.3 is 6.09 Å². The minimum absolute atomic E-state index is 0.131. The molecule has 0 spiro atoms. The molecular weight excluding hydrogens is 268 g/mol. The molecule has 1 aliphatic heterocycles. The first-order valence-corrected chi connectivity index (χ1v) is 7.55. The monoisotopic (exact) mass is 294 g/mol. The van der Waals surface area contributed by atoms with Gasteiger partial charge in [-0.25, -0.2) is 4.79 Å². The lowest BCUT2D eigenvalue weighted by molar-refractivity contribution is -0.00469. The second-order valence-corrected chi connectivity index (χ2v) is 6.71. The fourth-order valence-electron chi connectivity index (χ4n) is 2.64. The molecule has 0 aromatic carbocycles. The minimum Gasteiger partial charge on any atom is -0.468 e. The maximum Gasteiger partial charge on any atom is 0.410 e. The van der Waals surface area contributed by atoms with Gasteiger partial charge in [-0.05, 0) is 46.8 Å². The summed E-state index contributed by atoms with van der Waals surface area (Å²) in [5.74, 6) is 0.966. The van der Waals surface area contributed by atoms with Gasteiger partial charge in [0.2, 0.25) is 0 Å². The Morgan fingerprint density at radius 2 is 2.14 bits per heavy atom. The van der Waals surface area contributed by atoms with Gasteiger partial charge in [-0.15, -0.1) is 0 Å². The Morgan fingerprint density at radius 1 is 1.43 bits per heavy atom. The van der Waals surface area contributed by atoms with Crippen molar-refractivity contribution < 1.29 is 13.9 Å². The van der Waals surface area contributed by atoms with E-state index in [9.17, 15) is 4.79 Å². The topological polar surface area (TPSA) is 45.9 Å². The Hall–Kier alpha value is -1.49.